The zero-order chi connectivity index (χ0) is 16.2. The lowest BCUT2D eigenvalue weighted by Gasteiger charge is -2.13. The van der Waals surface area contributed by atoms with Crippen molar-refractivity contribution in [3.05, 3.63) is 60.1 Å². The molecule has 0 aliphatic carbocycles. The number of anilines is 3. The Bertz CT molecular complexity index is 758. The number of esters is 1. The van der Waals surface area contributed by atoms with Gasteiger partial charge in [-0.05, 0) is 30.3 Å². The summed E-state index contributed by atoms with van der Waals surface area (Å²) >= 11 is 0. The number of hydrogen-bond acceptors (Lipinski definition) is 6. The first kappa shape index (κ1) is 14.9. The van der Waals surface area contributed by atoms with Crippen LogP contribution in [0.4, 0.5) is 17.1 Å². The van der Waals surface area contributed by atoms with Crippen molar-refractivity contribution in [2.75, 3.05) is 18.2 Å². The third-order valence-corrected chi connectivity index (χ3v) is 3.64. The molecule has 1 aliphatic rings. The van der Waals surface area contributed by atoms with Gasteiger partial charge in [-0.15, -0.1) is 0 Å². The van der Waals surface area contributed by atoms with Gasteiger partial charge in [-0.25, -0.2) is 4.79 Å². The summed E-state index contributed by atoms with van der Waals surface area (Å²) in [5.74, 6) is -0.311. The van der Waals surface area contributed by atoms with Crippen molar-refractivity contribution < 1.29 is 9.53 Å². The first-order chi connectivity index (χ1) is 11.2. The lowest BCUT2D eigenvalue weighted by molar-refractivity contribution is -0.136. The molecular weight excluding hydrogens is 292 g/mol. The molecular formula is C17H18N4O2. The summed E-state index contributed by atoms with van der Waals surface area (Å²) in [6.07, 6.45) is 3.99. The van der Waals surface area contributed by atoms with Crippen LogP contribution < -0.4 is 16.4 Å². The van der Waals surface area contributed by atoms with Gasteiger partial charge in [0, 0.05) is 35.9 Å². The third-order valence-electron chi connectivity index (χ3n) is 3.64. The zero-order valence-corrected chi connectivity index (χ0v) is 12.7. The molecule has 0 fully saturated rings. The maximum atomic E-state index is 11.6. The van der Waals surface area contributed by atoms with E-state index in [1.54, 1.807) is 12.4 Å². The molecule has 3 rings (SSSR count). The summed E-state index contributed by atoms with van der Waals surface area (Å²) in [5.41, 5.74) is 9.79. The number of carbonyl (C=O) groups is 1. The number of benzene rings is 1. The molecule has 6 nitrogen and oxygen atoms in total. The van der Waals surface area contributed by atoms with Crippen LogP contribution in [-0.2, 0) is 9.53 Å². The number of methoxy groups -OCH3 is 1. The second-order valence-corrected chi connectivity index (χ2v) is 5.30. The van der Waals surface area contributed by atoms with Crippen molar-refractivity contribution in [2.24, 2.45) is 0 Å². The quantitative estimate of drug-likeness (QED) is 0.594. The van der Waals surface area contributed by atoms with E-state index in [2.05, 4.69) is 15.6 Å². The standard InChI is InChI=1S/C17H18N4O2/c1-23-17(22)11-7-15(20-10-11)16-9-14(5-6-19-16)21-13-4-2-3-12(18)8-13/h2-6,8-10,15,20H,7,18H2,1H3,(H,19,21). The highest BCUT2D eigenvalue weighted by Gasteiger charge is 2.24. The van der Waals surface area contributed by atoms with Crippen LogP contribution in [0.2, 0.25) is 0 Å². The fourth-order valence-electron chi connectivity index (χ4n) is 2.50. The maximum absolute atomic E-state index is 11.6. The van der Waals surface area contributed by atoms with Gasteiger partial charge >= 0.3 is 5.97 Å². The maximum Gasteiger partial charge on any atom is 0.335 e. The van der Waals surface area contributed by atoms with E-state index in [-0.39, 0.29) is 12.0 Å². The molecule has 23 heavy (non-hydrogen) atoms. The summed E-state index contributed by atoms with van der Waals surface area (Å²) in [6, 6.07) is 11.3. The summed E-state index contributed by atoms with van der Waals surface area (Å²) in [4.78, 5) is 15.9. The molecule has 1 atom stereocenters. The van der Waals surface area contributed by atoms with Gasteiger partial charge in [-0.1, -0.05) is 6.07 Å². The molecule has 1 aliphatic heterocycles. The minimum atomic E-state index is -0.311. The Morgan fingerprint density at radius 2 is 2.17 bits per heavy atom. The number of pyridine rings is 1. The fourth-order valence-corrected chi connectivity index (χ4v) is 2.50. The average molecular weight is 310 g/mol. The number of hydrogen-bond donors (Lipinski definition) is 3. The number of rotatable bonds is 4. The topological polar surface area (TPSA) is 89.3 Å². The molecule has 1 unspecified atom stereocenters. The van der Waals surface area contributed by atoms with Gasteiger partial charge in [0.25, 0.3) is 0 Å². The Balaban J connectivity index is 1.72. The Hall–Kier alpha value is -3.02. The lowest BCUT2D eigenvalue weighted by Crippen LogP contribution is -2.12. The molecule has 118 valence electrons. The van der Waals surface area contributed by atoms with Crippen molar-refractivity contribution >= 4 is 23.0 Å². The van der Waals surface area contributed by atoms with E-state index in [0.29, 0.717) is 17.7 Å². The molecule has 1 aromatic carbocycles. The van der Waals surface area contributed by atoms with Gasteiger partial charge in [-0.2, -0.15) is 0 Å². The number of ether oxygens (including phenoxy) is 1. The molecule has 0 saturated carbocycles. The predicted octanol–water partition coefficient (Wildman–Crippen LogP) is 2.50. The normalized spacial score (nSPS) is 16.4. The molecule has 0 radical (unpaired) electrons. The van der Waals surface area contributed by atoms with Crippen LogP contribution in [0.3, 0.4) is 0 Å². The van der Waals surface area contributed by atoms with E-state index in [1.807, 2.05) is 36.4 Å². The van der Waals surface area contributed by atoms with Crippen LogP contribution >= 0.6 is 0 Å². The summed E-state index contributed by atoms with van der Waals surface area (Å²) in [5, 5.41) is 6.46. The van der Waals surface area contributed by atoms with Crippen LogP contribution in [0.25, 0.3) is 0 Å². The van der Waals surface area contributed by atoms with Crippen molar-refractivity contribution in [2.45, 2.75) is 12.5 Å². The monoisotopic (exact) mass is 310 g/mol. The van der Waals surface area contributed by atoms with Gasteiger partial charge < -0.3 is 21.1 Å². The summed E-state index contributed by atoms with van der Waals surface area (Å²) in [7, 11) is 1.38. The number of nitrogen functional groups attached to an aromatic ring is 1. The van der Waals surface area contributed by atoms with Crippen molar-refractivity contribution in [3.8, 4) is 0 Å². The largest absolute Gasteiger partial charge is 0.466 e. The number of aromatic nitrogens is 1. The van der Waals surface area contributed by atoms with Crippen molar-refractivity contribution in [1.82, 2.24) is 10.3 Å². The van der Waals surface area contributed by atoms with Crippen LogP contribution in [0, 0.1) is 0 Å². The van der Waals surface area contributed by atoms with E-state index < -0.39 is 0 Å². The van der Waals surface area contributed by atoms with Crippen molar-refractivity contribution in [1.29, 1.82) is 0 Å². The molecule has 4 N–H and O–H groups in total. The number of nitrogens with two attached hydrogens (primary N) is 1. The second kappa shape index (κ2) is 6.39. The third kappa shape index (κ3) is 3.42. The van der Waals surface area contributed by atoms with E-state index in [4.69, 9.17) is 10.5 Å². The van der Waals surface area contributed by atoms with E-state index in [9.17, 15) is 4.79 Å². The molecule has 0 spiro atoms. The number of nitrogens with zero attached hydrogens (tertiary/aromatic N) is 1. The van der Waals surface area contributed by atoms with Crippen LogP contribution in [0.15, 0.2) is 54.4 Å². The Morgan fingerprint density at radius 3 is 2.96 bits per heavy atom. The van der Waals surface area contributed by atoms with Gasteiger partial charge in [0.1, 0.15) is 0 Å². The lowest BCUT2D eigenvalue weighted by atomic mass is 10.1. The minimum absolute atomic E-state index is 0.0355. The molecule has 2 heterocycles. The fraction of sp³-hybridized carbons (Fsp3) is 0.176. The van der Waals surface area contributed by atoms with Crippen LogP contribution in [0.5, 0.6) is 0 Å². The van der Waals surface area contributed by atoms with Crippen molar-refractivity contribution in [3.63, 3.8) is 0 Å². The highest BCUT2D eigenvalue weighted by atomic mass is 16.5. The summed E-state index contributed by atoms with van der Waals surface area (Å²) < 4.78 is 4.74. The smallest absolute Gasteiger partial charge is 0.335 e. The average Bonchev–Trinajstić information content (AvgIpc) is 3.04. The molecule has 1 aromatic heterocycles. The predicted molar refractivity (Wildman–Crippen MR) is 89.0 cm³/mol. The van der Waals surface area contributed by atoms with E-state index in [0.717, 1.165) is 17.1 Å². The number of carbonyl (C=O) groups excluding carboxylic acids is 1. The highest BCUT2D eigenvalue weighted by molar-refractivity contribution is 5.88. The molecule has 0 saturated heterocycles. The summed E-state index contributed by atoms with van der Waals surface area (Å²) in [6.45, 7) is 0. The van der Waals surface area contributed by atoms with Gasteiger partial charge in [0.15, 0.2) is 0 Å². The first-order valence-electron chi connectivity index (χ1n) is 7.27. The van der Waals surface area contributed by atoms with E-state index in [1.165, 1.54) is 7.11 Å². The Kier molecular flexibility index (Phi) is 4.14. The Labute approximate surface area is 134 Å². The molecule has 0 bridgehead atoms. The van der Waals surface area contributed by atoms with Gasteiger partial charge in [0.2, 0.25) is 0 Å². The van der Waals surface area contributed by atoms with Crippen LogP contribution in [-0.4, -0.2) is 18.1 Å². The minimum Gasteiger partial charge on any atom is -0.466 e. The van der Waals surface area contributed by atoms with Crippen LogP contribution in [0.1, 0.15) is 18.2 Å². The van der Waals surface area contributed by atoms with Gasteiger partial charge in [0.05, 0.1) is 24.4 Å². The molecule has 0 amide bonds. The van der Waals surface area contributed by atoms with Gasteiger partial charge in [-0.3, -0.25) is 4.98 Å². The number of nitrogens with one attached hydrogen (secondary N) is 2. The molecule has 6 heteroatoms. The van der Waals surface area contributed by atoms with E-state index >= 15 is 0 Å². The Morgan fingerprint density at radius 1 is 1.35 bits per heavy atom. The zero-order valence-electron chi connectivity index (χ0n) is 12.7. The first-order valence-corrected chi connectivity index (χ1v) is 7.27. The SMILES string of the molecule is COC(=O)C1=CNC(c2cc(Nc3cccc(N)c3)ccn2)C1. The second-order valence-electron chi connectivity index (χ2n) is 5.30. The highest BCUT2D eigenvalue weighted by Crippen LogP contribution is 2.27. The molecule has 2 aromatic rings.